The molecule has 0 radical (unpaired) electrons. The van der Waals surface area contributed by atoms with Gasteiger partial charge < -0.3 is 9.32 Å². The van der Waals surface area contributed by atoms with E-state index in [1.54, 1.807) is 6.92 Å². The molecule has 0 saturated heterocycles. The Hall–Kier alpha value is -0.770. The van der Waals surface area contributed by atoms with Gasteiger partial charge in [0, 0.05) is 13.6 Å². The Bertz CT molecular complexity index is 249. The summed E-state index contributed by atoms with van der Waals surface area (Å²) in [6.45, 7) is 4.64. The van der Waals surface area contributed by atoms with Crippen LogP contribution in [0.5, 0.6) is 0 Å². The van der Waals surface area contributed by atoms with Crippen molar-refractivity contribution < 1.29 is 4.42 Å². The third kappa shape index (κ3) is 1.88. The molecule has 1 aromatic heterocycles. The molecule has 0 N–H and O–H groups in total. The zero-order chi connectivity index (χ0) is 9.14. The van der Waals surface area contributed by atoms with E-state index in [0.717, 1.165) is 6.54 Å². The van der Waals surface area contributed by atoms with Gasteiger partial charge in [-0.15, -0.1) is 16.7 Å². The van der Waals surface area contributed by atoms with Crippen molar-refractivity contribution in [2.24, 2.45) is 0 Å². The van der Waals surface area contributed by atoms with E-state index in [9.17, 15) is 0 Å². The van der Waals surface area contributed by atoms with E-state index in [4.69, 9.17) is 16.0 Å². The predicted octanol–water partition coefficient (Wildman–Crippen LogP) is 1.83. The Kier molecular flexibility index (Phi) is 2.92. The Morgan fingerprint density at radius 1 is 1.58 bits per heavy atom. The van der Waals surface area contributed by atoms with E-state index in [0.29, 0.717) is 11.9 Å². The summed E-state index contributed by atoms with van der Waals surface area (Å²) >= 11 is 5.75. The van der Waals surface area contributed by atoms with Crippen LogP contribution in [0.15, 0.2) is 4.42 Å². The highest BCUT2D eigenvalue weighted by atomic mass is 35.5. The van der Waals surface area contributed by atoms with E-state index in [2.05, 4.69) is 10.2 Å². The van der Waals surface area contributed by atoms with Crippen molar-refractivity contribution in [1.29, 1.82) is 0 Å². The van der Waals surface area contributed by atoms with E-state index in [-0.39, 0.29) is 5.38 Å². The molecular weight excluding hydrogens is 178 g/mol. The number of alkyl halides is 1. The van der Waals surface area contributed by atoms with Gasteiger partial charge in [0.2, 0.25) is 5.89 Å². The smallest absolute Gasteiger partial charge is 0.317 e. The molecule has 1 heterocycles. The highest BCUT2D eigenvalue weighted by Crippen LogP contribution is 2.20. The second kappa shape index (κ2) is 3.76. The second-order valence-electron chi connectivity index (χ2n) is 2.55. The number of rotatable bonds is 3. The van der Waals surface area contributed by atoms with Crippen molar-refractivity contribution in [3.63, 3.8) is 0 Å². The summed E-state index contributed by atoms with van der Waals surface area (Å²) in [7, 11) is 1.89. The van der Waals surface area contributed by atoms with Crippen molar-refractivity contribution in [1.82, 2.24) is 10.2 Å². The van der Waals surface area contributed by atoms with Crippen molar-refractivity contribution in [3.8, 4) is 0 Å². The predicted molar refractivity (Wildman–Crippen MR) is 47.5 cm³/mol. The lowest BCUT2D eigenvalue weighted by molar-refractivity contribution is 0.492. The molecule has 1 atom stereocenters. The van der Waals surface area contributed by atoms with Gasteiger partial charge in [0.05, 0.1) is 0 Å². The first kappa shape index (κ1) is 9.32. The molecule has 1 unspecified atom stereocenters. The molecule has 5 heteroatoms. The van der Waals surface area contributed by atoms with Crippen LogP contribution >= 0.6 is 11.6 Å². The van der Waals surface area contributed by atoms with Gasteiger partial charge in [-0.1, -0.05) is 5.10 Å². The first-order chi connectivity index (χ1) is 5.65. The Morgan fingerprint density at radius 2 is 2.25 bits per heavy atom. The van der Waals surface area contributed by atoms with Crippen LogP contribution in [0.2, 0.25) is 0 Å². The zero-order valence-electron chi connectivity index (χ0n) is 7.41. The summed E-state index contributed by atoms with van der Waals surface area (Å²) < 4.78 is 5.27. The SMILES string of the molecule is CCN(C)c1nnc(C(C)Cl)o1. The maximum atomic E-state index is 5.75. The zero-order valence-corrected chi connectivity index (χ0v) is 8.17. The van der Waals surface area contributed by atoms with Gasteiger partial charge >= 0.3 is 6.01 Å². The monoisotopic (exact) mass is 189 g/mol. The van der Waals surface area contributed by atoms with Gasteiger partial charge in [-0.05, 0) is 13.8 Å². The molecule has 0 saturated carbocycles. The first-order valence-corrected chi connectivity index (χ1v) is 4.27. The minimum absolute atomic E-state index is 0.225. The van der Waals surface area contributed by atoms with E-state index in [1.165, 1.54) is 0 Å². The summed E-state index contributed by atoms with van der Waals surface area (Å²) in [5.41, 5.74) is 0. The summed E-state index contributed by atoms with van der Waals surface area (Å²) in [4.78, 5) is 1.86. The van der Waals surface area contributed by atoms with E-state index >= 15 is 0 Å². The second-order valence-corrected chi connectivity index (χ2v) is 3.21. The van der Waals surface area contributed by atoms with Gasteiger partial charge in [-0.3, -0.25) is 0 Å². The normalized spacial score (nSPS) is 13.0. The average molecular weight is 190 g/mol. The number of halogens is 1. The molecule has 12 heavy (non-hydrogen) atoms. The van der Waals surface area contributed by atoms with Crippen LogP contribution in [-0.2, 0) is 0 Å². The number of anilines is 1. The number of hydrogen-bond donors (Lipinski definition) is 0. The summed E-state index contributed by atoms with van der Waals surface area (Å²) in [5.74, 6) is 0.465. The number of hydrogen-bond acceptors (Lipinski definition) is 4. The lowest BCUT2D eigenvalue weighted by Crippen LogP contribution is -2.15. The van der Waals surface area contributed by atoms with Gasteiger partial charge in [0.1, 0.15) is 5.38 Å². The molecule has 0 bridgehead atoms. The molecule has 0 aliphatic carbocycles. The molecule has 0 aliphatic heterocycles. The average Bonchev–Trinajstić information content (AvgIpc) is 2.51. The minimum atomic E-state index is -0.225. The molecular formula is C7H12ClN3O. The topological polar surface area (TPSA) is 42.2 Å². The summed E-state index contributed by atoms with van der Waals surface area (Å²) in [5, 5.41) is 7.40. The molecule has 68 valence electrons. The highest BCUT2D eigenvalue weighted by molar-refractivity contribution is 6.20. The Balaban J connectivity index is 2.77. The number of nitrogens with zero attached hydrogens (tertiary/aromatic N) is 3. The van der Waals surface area contributed by atoms with E-state index in [1.807, 2.05) is 18.9 Å². The van der Waals surface area contributed by atoms with Crippen molar-refractivity contribution >= 4 is 17.6 Å². The maximum absolute atomic E-state index is 5.75. The van der Waals surface area contributed by atoms with Crippen molar-refractivity contribution in [2.75, 3.05) is 18.5 Å². The highest BCUT2D eigenvalue weighted by Gasteiger charge is 2.12. The Morgan fingerprint density at radius 3 is 2.67 bits per heavy atom. The molecule has 0 aromatic carbocycles. The van der Waals surface area contributed by atoms with Gasteiger partial charge in [-0.25, -0.2) is 0 Å². The van der Waals surface area contributed by atoms with Crippen LogP contribution < -0.4 is 4.90 Å². The molecule has 0 amide bonds. The van der Waals surface area contributed by atoms with Gasteiger partial charge in [-0.2, -0.15) is 0 Å². The lowest BCUT2D eigenvalue weighted by Gasteiger charge is -2.08. The summed E-state index contributed by atoms with van der Waals surface area (Å²) in [6.07, 6.45) is 0. The van der Waals surface area contributed by atoms with E-state index < -0.39 is 0 Å². The van der Waals surface area contributed by atoms with Crippen LogP contribution in [0.4, 0.5) is 6.01 Å². The molecule has 0 aliphatic rings. The molecule has 1 rings (SSSR count). The van der Waals surface area contributed by atoms with Crippen LogP contribution in [0.3, 0.4) is 0 Å². The third-order valence-electron chi connectivity index (χ3n) is 1.57. The van der Waals surface area contributed by atoms with Crippen LogP contribution in [-0.4, -0.2) is 23.8 Å². The van der Waals surface area contributed by atoms with Gasteiger partial charge in [0.25, 0.3) is 0 Å². The molecule has 0 fully saturated rings. The van der Waals surface area contributed by atoms with Crippen molar-refractivity contribution in [2.45, 2.75) is 19.2 Å². The van der Waals surface area contributed by atoms with Crippen molar-refractivity contribution in [3.05, 3.63) is 5.89 Å². The quantitative estimate of drug-likeness (QED) is 0.681. The van der Waals surface area contributed by atoms with Crippen LogP contribution in [0, 0.1) is 0 Å². The maximum Gasteiger partial charge on any atom is 0.317 e. The fraction of sp³-hybridized carbons (Fsp3) is 0.714. The molecule has 0 spiro atoms. The summed E-state index contributed by atoms with van der Waals surface area (Å²) in [6, 6.07) is 0.514. The lowest BCUT2D eigenvalue weighted by atomic mass is 10.5. The largest absolute Gasteiger partial charge is 0.406 e. The minimum Gasteiger partial charge on any atom is -0.406 e. The Labute approximate surface area is 76.5 Å². The standard InChI is InChI=1S/C7H12ClN3O/c1-4-11(3)7-10-9-6(12-7)5(2)8/h5H,4H2,1-3H3. The molecule has 4 nitrogen and oxygen atoms in total. The fourth-order valence-corrected chi connectivity index (χ4v) is 0.765. The first-order valence-electron chi connectivity index (χ1n) is 3.83. The number of aromatic nitrogens is 2. The van der Waals surface area contributed by atoms with Gasteiger partial charge in [0.15, 0.2) is 0 Å². The fourth-order valence-electron chi connectivity index (χ4n) is 0.677. The third-order valence-corrected chi connectivity index (χ3v) is 1.76. The molecule has 1 aromatic rings. The van der Waals surface area contributed by atoms with Crippen LogP contribution in [0.25, 0.3) is 0 Å². The van der Waals surface area contributed by atoms with Crippen LogP contribution in [0.1, 0.15) is 25.1 Å².